The molecular weight excluding hydrogens is 379 g/mol. The Morgan fingerprint density at radius 3 is 2.67 bits per heavy atom. The molecule has 0 amide bonds. The smallest absolute Gasteiger partial charge is 0.206 e. The van der Waals surface area contributed by atoms with Crippen molar-refractivity contribution in [3.05, 3.63) is 78.8 Å². The predicted molar refractivity (Wildman–Crippen MR) is 116 cm³/mol. The zero-order valence-corrected chi connectivity index (χ0v) is 16.9. The lowest BCUT2D eigenvalue weighted by Crippen LogP contribution is -2.22. The molecule has 1 aliphatic rings. The molecule has 5 nitrogen and oxygen atoms in total. The van der Waals surface area contributed by atoms with Crippen LogP contribution in [0.5, 0.6) is 0 Å². The maximum Gasteiger partial charge on any atom is 0.206 e. The number of ketones is 1. The summed E-state index contributed by atoms with van der Waals surface area (Å²) in [5, 5.41) is 14.9. The van der Waals surface area contributed by atoms with Crippen molar-refractivity contribution in [3.8, 4) is 6.19 Å². The molecule has 0 bridgehead atoms. The highest BCUT2D eigenvalue weighted by Crippen LogP contribution is 2.31. The first-order valence-electron chi connectivity index (χ1n) is 10.0. The molecule has 2 aromatic carbocycles. The Hall–Kier alpha value is -3.30. The summed E-state index contributed by atoms with van der Waals surface area (Å²) in [5.74, 6) is 0.0211. The molecule has 30 heavy (non-hydrogen) atoms. The summed E-state index contributed by atoms with van der Waals surface area (Å²) in [6.07, 6.45) is 4.35. The van der Waals surface area contributed by atoms with E-state index in [-0.39, 0.29) is 11.6 Å². The molecule has 3 aromatic rings. The van der Waals surface area contributed by atoms with E-state index in [9.17, 15) is 14.4 Å². The molecule has 0 aliphatic carbocycles. The van der Waals surface area contributed by atoms with E-state index in [1.165, 1.54) is 16.8 Å². The maximum atomic E-state index is 13.0. The molecule has 1 unspecified atom stereocenters. The molecule has 0 spiro atoms. The second-order valence-electron chi connectivity index (χ2n) is 7.23. The molecule has 0 N–H and O–H groups in total. The molecule has 0 radical (unpaired) electrons. The van der Waals surface area contributed by atoms with E-state index in [0.29, 0.717) is 17.9 Å². The quantitative estimate of drug-likeness (QED) is 0.439. The van der Waals surface area contributed by atoms with Gasteiger partial charge in [0.1, 0.15) is 5.82 Å². The van der Waals surface area contributed by atoms with E-state index in [1.54, 1.807) is 12.1 Å². The first kappa shape index (κ1) is 21.4. The number of likely N-dealkylation sites (tertiary alicyclic amines) is 1. The van der Waals surface area contributed by atoms with Gasteiger partial charge in [-0.2, -0.15) is 15.0 Å². The molecule has 4 rings (SSSR count). The monoisotopic (exact) mass is 404 g/mol. The number of benzene rings is 2. The summed E-state index contributed by atoms with van der Waals surface area (Å²) >= 11 is 0. The average Bonchev–Trinajstić information content (AvgIpc) is 3.40. The molecule has 0 saturated carbocycles. The Balaban J connectivity index is 0.00000124. The number of rotatable bonds is 6. The second-order valence-corrected chi connectivity index (χ2v) is 7.23. The lowest BCUT2D eigenvalue weighted by atomic mass is 10.0. The predicted octanol–water partition coefficient (Wildman–Crippen LogP) is 4.76. The summed E-state index contributed by atoms with van der Waals surface area (Å²) in [4.78, 5) is 14.6. The number of halogens is 1. The molecule has 1 saturated heterocycles. The van der Waals surface area contributed by atoms with Crippen molar-refractivity contribution in [3.63, 3.8) is 0 Å². The largest absolute Gasteiger partial charge is 0.303 e. The summed E-state index contributed by atoms with van der Waals surface area (Å²) in [5.41, 5.74) is 2.40. The van der Waals surface area contributed by atoms with Crippen LogP contribution in [0.3, 0.4) is 0 Å². The Morgan fingerprint density at radius 2 is 1.93 bits per heavy atom. The fourth-order valence-corrected chi connectivity index (χ4v) is 3.97. The molecule has 1 aromatic heterocycles. The molecule has 154 valence electrons. The van der Waals surface area contributed by atoms with Gasteiger partial charge in [0, 0.05) is 29.8 Å². The SMILES string of the molecule is C=C.N#Cn1nc(C2CCN(CCCC(=O)c3ccc(F)cc3)C2)c2ccccc21. The molecule has 1 atom stereocenters. The number of hydrogen-bond donors (Lipinski definition) is 0. The fourth-order valence-electron chi connectivity index (χ4n) is 3.97. The van der Waals surface area contributed by atoms with Gasteiger partial charge in [-0.15, -0.1) is 13.2 Å². The van der Waals surface area contributed by atoms with Crippen LogP contribution >= 0.6 is 0 Å². The molecule has 1 aliphatic heterocycles. The number of nitrogens with zero attached hydrogens (tertiary/aromatic N) is 4. The van der Waals surface area contributed by atoms with Gasteiger partial charge in [0.15, 0.2) is 5.78 Å². The third-order valence-corrected chi connectivity index (χ3v) is 5.41. The summed E-state index contributed by atoms with van der Waals surface area (Å²) in [7, 11) is 0. The van der Waals surface area contributed by atoms with Crippen LogP contribution in [0.25, 0.3) is 10.9 Å². The second kappa shape index (κ2) is 9.95. The van der Waals surface area contributed by atoms with Crippen LogP contribution in [0, 0.1) is 17.3 Å². The maximum absolute atomic E-state index is 13.0. The van der Waals surface area contributed by atoms with Gasteiger partial charge < -0.3 is 4.90 Å². The van der Waals surface area contributed by atoms with E-state index in [4.69, 9.17) is 0 Å². The van der Waals surface area contributed by atoms with Gasteiger partial charge in [0.05, 0.1) is 11.2 Å². The van der Waals surface area contributed by atoms with Crippen molar-refractivity contribution in [1.29, 1.82) is 5.26 Å². The van der Waals surface area contributed by atoms with Crippen molar-refractivity contribution < 1.29 is 9.18 Å². The van der Waals surface area contributed by atoms with Gasteiger partial charge in [0.2, 0.25) is 6.19 Å². The van der Waals surface area contributed by atoms with Crippen LogP contribution in [-0.4, -0.2) is 40.1 Å². The third kappa shape index (κ3) is 4.64. The van der Waals surface area contributed by atoms with E-state index >= 15 is 0 Å². The Labute approximate surface area is 176 Å². The van der Waals surface area contributed by atoms with Crippen LogP contribution in [0.2, 0.25) is 0 Å². The fraction of sp³-hybridized carbons (Fsp3) is 0.292. The van der Waals surface area contributed by atoms with Crippen molar-refractivity contribution in [2.24, 2.45) is 0 Å². The minimum Gasteiger partial charge on any atom is -0.303 e. The van der Waals surface area contributed by atoms with E-state index in [1.807, 2.05) is 24.3 Å². The normalized spacial score (nSPS) is 16.1. The number of carbonyl (C=O) groups excluding carboxylic acids is 1. The molecular formula is C24H25FN4O. The van der Waals surface area contributed by atoms with Crippen LogP contribution in [0.1, 0.15) is 41.2 Å². The average molecular weight is 404 g/mol. The van der Waals surface area contributed by atoms with Gasteiger partial charge in [-0.25, -0.2) is 4.39 Å². The summed E-state index contributed by atoms with van der Waals surface area (Å²) in [6, 6.07) is 13.6. The lowest BCUT2D eigenvalue weighted by Gasteiger charge is -2.15. The zero-order valence-electron chi connectivity index (χ0n) is 16.9. The van der Waals surface area contributed by atoms with Crippen molar-refractivity contribution in [2.45, 2.75) is 25.2 Å². The van der Waals surface area contributed by atoms with Crippen LogP contribution in [0.4, 0.5) is 4.39 Å². The number of para-hydroxylation sites is 1. The number of nitriles is 1. The minimum atomic E-state index is -0.328. The number of fused-ring (bicyclic) bond motifs is 1. The summed E-state index contributed by atoms with van der Waals surface area (Å²) < 4.78 is 14.4. The first-order valence-corrected chi connectivity index (χ1v) is 10.0. The van der Waals surface area contributed by atoms with Gasteiger partial charge in [0.25, 0.3) is 0 Å². The number of hydrogen-bond acceptors (Lipinski definition) is 4. The Morgan fingerprint density at radius 1 is 1.20 bits per heavy atom. The highest BCUT2D eigenvalue weighted by molar-refractivity contribution is 5.95. The topological polar surface area (TPSA) is 61.9 Å². The molecule has 6 heteroatoms. The van der Waals surface area contributed by atoms with Gasteiger partial charge in [-0.3, -0.25) is 4.79 Å². The van der Waals surface area contributed by atoms with Crippen LogP contribution in [-0.2, 0) is 0 Å². The Kier molecular flexibility index (Phi) is 7.10. The van der Waals surface area contributed by atoms with Crippen LogP contribution in [0.15, 0.2) is 61.7 Å². The highest BCUT2D eigenvalue weighted by Gasteiger charge is 2.27. The Bertz CT molecular complexity index is 1050. The van der Waals surface area contributed by atoms with Crippen molar-refractivity contribution in [2.75, 3.05) is 19.6 Å². The molecule has 1 fully saturated rings. The highest BCUT2D eigenvalue weighted by atomic mass is 19.1. The first-order chi connectivity index (χ1) is 14.7. The zero-order chi connectivity index (χ0) is 21.5. The van der Waals surface area contributed by atoms with Crippen molar-refractivity contribution in [1.82, 2.24) is 14.7 Å². The lowest BCUT2D eigenvalue weighted by molar-refractivity contribution is 0.0976. The van der Waals surface area contributed by atoms with E-state index < -0.39 is 0 Å². The minimum absolute atomic E-state index is 0.0505. The number of carbonyl (C=O) groups is 1. The van der Waals surface area contributed by atoms with Crippen LogP contribution < -0.4 is 0 Å². The van der Waals surface area contributed by atoms with Gasteiger partial charge >= 0.3 is 0 Å². The summed E-state index contributed by atoms with van der Waals surface area (Å²) in [6.45, 7) is 8.70. The molecule has 2 heterocycles. The van der Waals surface area contributed by atoms with E-state index in [0.717, 1.165) is 49.1 Å². The van der Waals surface area contributed by atoms with Gasteiger partial charge in [-0.1, -0.05) is 18.2 Å². The standard InChI is InChI=1S/C22H21FN4O.C2H4/c23-18-9-7-16(8-10-18)21(28)6-3-12-26-13-11-17(14-26)22-19-4-1-2-5-20(19)27(15-24)25-22;1-2/h1-2,4-5,7-10,17H,3,6,11-14H2;1-2H2. The van der Waals surface area contributed by atoms with Gasteiger partial charge in [-0.05, 0) is 56.3 Å². The number of aromatic nitrogens is 2. The number of Topliss-reactive ketones (excluding diaryl/α,β-unsaturated/α-hetero) is 1. The third-order valence-electron chi connectivity index (χ3n) is 5.41. The van der Waals surface area contributed by atoms with E-state index in [2.05, 4.69) is 29.3 Å². The van der Waals surface area contributed by atoms with Crippen molar-refractivity contribution >= 4 is 16.7 Å².